The van der Waals surface area contributed by atoms with Gasteiger partial charge in [-0.1, -0.05) is 0 Å². The van der Waals surface area contributed by atoms with Gasteiger partial charge in [0.05, 0.1) is 12.1 Å². The Morgan fingerprint density at radius 1 is 1.24 bits per heavy atom. The average molecular weight is 479 g/mol. The second-order valence-electron chi connectivity index (χ2n) is 7.60. The van der Waals surface area contributed by atoms with Crippen molar-refractivity contribution in [2.75, 3.05) is 11.9 Å². The molecule has 0 aromatic carbocycles. The zero-order valence-corrected chi connectivity index (χ0v) is 17.4. The fraction of sp³-hybridized carbons (Fsp3) is 0.286. The number of nitrogens with two attached hydrogens (primary N) is 1. The minimum Gasteiger partial charge on any atom is -0.366 e. The molecule has 0 bridgehead atoms. The Morgan fingerprint density at radius 3 is 2.59 bits per heavy atom. The van der Waals surface area contributed by atoms with Crippen LogP contribution >= 0.6 is 0 Å². The van der Waals surface area contributed by atoms with Crippen molar-refractivity contribution in [2.45, 2.75) is 31.4 Å². The highest BCUT2D eigenvalue weighted by Crippen LogP contribution is 2.41. The number of rotatable bonds is 8. The van der Waals surface area contributed by atoms with Crippen molar-refractivity contribution in [2.24, 2.45) is 5.73 Å². The first-order valence-electron chi connectivity index (χ1n) is 10.1. The van der Waals surface area contributed by atoms with Crippen LogP contribution in [0, 0.1) is 0 Å². The van der Waals surface area contributed by atoms with Gasteiger partial charge in [-0.25, -0.2) is 28.4 Å². The van der Waals surface area contributed by atoms with E-state index in [1.54, 1.807) is 0 Å². The van der Waals surface area contributed by atoms with E-state index in [-0.39, 0.29) is 34.3 Å². The highest BCUT2D eigenvalue weighted by Gasteiger charge is 2.35. The number of carbonyl (C=O) groups is 1. The Balaban J connectivity index is 1.62. The molecule has 13 heteroatoms. The van der Waals surface area contributed by atoms with Gasteiger partial charge in [-0.05, 0) is 37.1 Å². The summed E-state index contributed by atoms with van der Waals surface area (Å²) in [6, 6.07) is 5.26. The second-order valence-corrected chi connectivity index (χ2v) is 7.60. The standard InChI is InChI=1S/C21H18F5N7O/c22-17(23)8-29-18-4-3-12(7-28-18)14(19(27)34)9-33-10-30-20(32-33)13-5-15(11-1-2-11)31-16(6-13)21(24,25)26/h3-7,9-11,17H,1-2,8H2,(H2,27,34)(H,28,29)/b14-9+. The van der Waals surface area contributed by atoms with Crippen LogP contribution in [0.15, 0.2) is 36.8 Å². The lowest BCUT2D eigenvalue weighted by molar-refractivity contribution is -0.141. The molecule has 0 atom stereocenters. The topological polar surface area (TPSA) is 112 Å². The lowest BCUT2D eigenvalue weighted by Crippen LogP contribution is -2.14. The molecule has 3 aromatic heterocycles. The first kappa shape index (κ1) is 23.3. The van der Waals surface area contributed by atoms with E-state index in [0.29, 0.717) is 5.69 Å². The number of alkyl halides is 5. The third-order valence-electron chi connectivity index (χ3n) is 4.94. The molecule has 1 fully saturated rings. The van der Waals surface area contributed by atoms with E-state index in [4.69, 9.17) is 5.73 Å². The van der Waals surface area contributed by atoms with E-state index >= 15 is 0 Å². The molecular formula is C21H18F5N7O. The summed E-state index contributed by atoms with van der Waals surface area (Å²) in [5, 5.41) is 6.58. The van der Waals surface area contributed by atoms with Gasteiger partial charge in [0.15, 0.2) is 5.82 Å². The Bertz CT molecular complexity index is 1220. The maximum Gasteiger partial charge on any atom is 0.433 e. The molecule has 0 spiro atoms. The molecule has 8 nitrogen and oxygen atoms in total. The quantitative estimate of drug-likeness (QED) is 0.376. The smallest absolute Gasteiger partial charge is 0.366 e. The molecule has 0 aliphatic heterocycles. The van der Waals surface area contributed by atoms with Crippen molar-refractivity contribution in [1.29, 1.82) is 0 Å². The van der Waals surface area contributed by atoms with Gasteiger partial charge in [0.2, 0.25) is 0 Å². The maximum absolute atomic E-state index is 13.3. The van der Waals surface area contributed by atoms with E-state index in [0.717, 1.165) is 23.6 Å². The number of anilines is 1. The molecular weight excluding hydrogens is 461 g/mol. The Morgan fingerprint density at radius 2 is 2.00 bits per heavy atom. The van der Waals surface area contributed by atoms with Crippen LogP contribution in [0.5, 0.6) is 0 Å². The molecule has 3 N–H and O–H groups in total. The van der Waals surface area contributed by atoms with Crippen LogP contribution in [-0.4, -0.2) is 43.6 Å². The van der Waals surface area contributed by atoms with Gasteiger partial charge in [-0.2, -0.15) is 13.2 Å². The zero-order chi connectivity index (χ0) is 24.5. The maximum atomic E-state index is 13.3. The van der Waals surface area contributed by atoms with Gasteiger partial charge >= 0.3 is 6.18 Å². The zero-order valence-electron chi connectivity index (χ0n) is 17.4. The first-order valence-corrected chi connectivity index (χ1v) is 10.1. The van der Waals surface area contributed by atoms with Crippen molar-refractivity contribution in [3.63, 3.8) is 0 Å². The number of nitrogens with zero attached hydrogens (tertiary/aromatic N) is 5. The normalized spacial score (nSPS) is 14.5. The van der Waals surface area contributed by atoms with E-state index in [9.17, 15) is 26.7 Å². The fourth-order valence-electron chi connectivity index (χ4n) is 3.14. The third-order valence-corrected chi connectivity index (χ3v) is 4.94. The number of amides is 1. The largest absolute Gasteiger partial charge is 0.433 e. The summed E-state index contributed by atoms with van der Waals surface area (Å²) >= 11 is 0. The van der Waals surface area contributed by atoms with Gasteiger partial charge in [0.1, 0.15) is 17.8 Å². The van der Waals surface area contributed by atoms with Crippen molar-refractivity contribution in [1.82, 2.24) is 24.7 Å². The predicted octanol–water partition coefficient (Wildman–Crippen LogP) is 3.79. The van der Waals surface area contributed by atoms with E-state index in [2.05, 4.69) is 25.4 Å². The van der Waals surface area contributed by atoms with Crippen molar-refractivity contribution < 1.29 is 26.7 Å². The van der Waals surface area contributed by atoms with E-state index < -0.39 is 30.7 Å². The van der Waals surface area contributed by atoms with Crippen LogP contribution < -0.4 is 11.1 Å². The van der Waals surface area contributed by atoms with Gasteiger partial charge in [-0.3, -0.25) is 4.79 Å². The first-order chi connectivity index (χ1) is 16.1. The van der Waals surface area contributed by atoms with Gasteiger partial charge in [-0.15, -0.1) is 5.10 Å². The summed E-state index contributed by atoms with van der Waals surface area (Å²) in [6.07, 6.45) is -1.91. The highest BCUT2D eigenvalue weighted by atomic mass is 19.4. The minimum absolute atomic E-state index is 0.0135. The van der Waals surface area contributed by atoms with Crippen molar-refractivity contribution in [3.8, 4) is 11.4 Å². The molecule has 1 aliphatic rings. The molecule has 4 rings (SSSR count). The number of pyridine rings is 2. The van der Waals surface area contributed by atoms with Gasteiger partial charge in [0.25, 0.3) is 12.3 Å². The van der Waals surface area contributed by atoms with Crippen LogP contribution in [0.4, 0.5) is 27.8 Å². The molecule has 3 aromatic rings. The SMILES string of the molecule is NC(=O)/C(=C/n1cnc(-c2cc(C3CC3)nc(C(F)(F)F)c2)n1)c1ccc(NCC(F)F)nc1. The summed E-state index contributed by atoms with van der Waals surface area (Å²) in [7, 11) is 0. The van der Waals surface area contributed by atoms with E-state index in [1.165, 1.54) is 36.9 Å². The number of halogens is 5. The van der Waals surface area contributed by atoms with Crippen LogP contribution in [0.2, 0.25) is 0 Å². The monoisotopic (exact) mass is 479 g/mol. The van der Waals surface area contributed by atoms with Gasteiger partial charge < -0.3 is 11.1 Å². The Kier molecular flexibility index (Phi) is 6.26. The van der Waals surface area contributed by atoms with Crippen LogP contribution in [0.3, 0.4) is 0 Å². The molecule has 0 unspecified atom stereocenters. The summed E-state index contributed by atoms with van der Waals surface area (Å²) < 4.78 is 65.7. The second kappa shape index (κ2) is 9.15. The number of nitrogens with one attached hydrogen (secondary N) is 1. The number of hydrogen-bond acceptors (Lipinski definition) is 6. The van der Waals surface area contributed by atoms with Crippen molar-refractivity contribution >= 4 is 23.5 Å². The lowest BCUT2D eigenvalue weighted by atomic mass is 10.1. The molecule has 1 aliphatic carbocycles. The number of carbonyl (C=O) groups excluding carboxylic acids is 1. The Labute approximate surface area is 189 Å². The van der Waals surface area contributed by atoms with E-state index in [1.807, 2.05) is 0 Å². The number of primary amides is 1. The van der Waals surface area contributed by atoms with Crippen LogP contribution in [0.1, 0.15) is 35.7 Å². The van der Waals surface area contributed by atoms with Crippen LogP contribution in [-0.2, 0) is 11.0 Å². The molecule has 1 saturated carbocycles. The number of hydrogen-bond donors (Lipinski definition) is 2. The lowest BCUT2D eigenvalue weighted by Gasteiger charge is -2.09. The third kappa shape index (κ3) is 5.53. The molecule has 1 amide bonds. The van der Waals surface area contributed by atoms with Crippen LogP contribution in [0.25, 0.3) is 23.2 Å². The molecule has 3 heterocycles. The average Bonchev–Trinajstić information content (AvgIpc) is 3.53. The molecule has 178 valence electrons. The molecule has 34 heavy (non-hydrogen) atoms. The summed E-state index contributed by atoms with van der Waals surface area (Å²) in [6.45, 7) is -0.583. The molecule has 0 radical (unpaired) electrons. The summed E-state index contributed by atoms with van der Waals surface area (Å²) in [5.41, 5.74) is 5.17. The highest BCUT2D eigenvalue weighted by molar-refractivity contribution is 6.22. The Hall–Kier alpha value is -3.90. The van der Waals surface area contributed by atoms with Crippen molar-refractivity contribution in [3.05, 3.63) is 53.7 Å². The number of aromatic nitrogens is 5. The minimum atomic E-state index is -4.62. The summed E-state index contributed by atoms with van der Waals surface area (Å²) in [4.78, 5) is 23.7. The summed E-state index contributed by atoms with van der Waals surface area (Å²) in [5.74, 6) is -0.651. The van der Waals surface area contributed by atoms with Gasteiger partial charge in [0, 0.05) is 35.1 Å². The molecule has 0 saturated heterocycles. The predicted molar refractivity (Wildman–Crippen MR) is 112 cm³/mol. The fourth-order valence-corrected chi connectivity index (χ4v) is 3.14.